The Morgan fingerprint density at radius 2 is 1.92 bits per heavy atom. The molecule has 3 atom stereocenters. The van der Waals surface area contributed by atoms with E-state index >= 15 is 0 Å². The normalized spacial score (nSPS) is 42.4. The van der Waals surface area contributed by atoms with Crippen molar-refractivity contribution >= 4 is 0 Å². The second-order valence-electron chi connectivity index (χ2n) is 4.12. The fourth-order valence-electron chi connectivity index (χ4n) is 2.05. The predicted molar refractivity (Wildman–Crippen MR) is 49.0 cm³/mol. The number of nitriles is 1. The molecule has 0 bridgehead atoms. The second kappa shape index (κ2) is 3.65. The summed E-state index contributed by atoms with van der Waals surface area (Å²) < 4.78 is 5.51. The van der Waals surface area contributed by atoms with Gasteiger partial charge in [-0.05, 0) is 20.8 Å². The molecule has 3 unspecified atom stereocenters. The van der Waals surface area contributed by atoms with E-state index in [4.69, 9.17) is 10.00 Å². The summed E-state index contributed by atoms with van der Waals surface area (Å²) in [4.78, 5) is 0. The van der Waals surface area contributed by atoms with Crippen molar-refractivity contribution in [2.75, 3.05) is 0 Å². The van der Waals surface area contributed by atoms with E-state index in [2.05, 4.69) is 6.07 Å². The van der Waals surface area contributed by atoms with E-state index in [1.807, 2.05) is 13.8 Å². The fourth-order valence-corrected chi connectivity index (χ4v) is 2.05. The van der Waals surface area contributed by atoms with Crippen molar-refractivity contribution in [1.82, 2.24) is 0 Å². The van der Waals surface area contributed by atoms with E-state index < -0.39 is 5.60 Å². The molecule has 0 aromatic carbocycles. The van der Waals surface area contributed by atoms with E-state index in [-0.39, 0.29) is 18.1 Å². The lowest BCUT2D eigenvalue weighted by molar-refractivity contribution is -0.144. The summed E-state index contributed by atoms with van der Waals surface area (Å²) in [7, 11) is 0. The lowest BCUT2D eigenvalue weighted by atomic mass is 9.79. The molecule has 13 heavy (non-hydrogen) atoms. The van der Waals surface area contributed by atoms with Crippen LogP contribution in [-0.2, 0) is 4.74 Å². The molecular formula is C10H17NO2. The van der Waals surface area contributed by atoms with Gasteiger partial charge in [-0.15, -0.1) is 0 Å². The standard InChI is InChI=1S/C10H17NO2/c1-7(6-11)10(12)4-8(2)13-9(3)5-10/h7-9,12H,4-5H2,1-3H3. The van der Waals surface area contributed by atoms with E-state index in [9.17, 15) is 5.11 Å². The average Bonchev–Trinajstić information content (AvgIpc) is 2.00. The Balaban J connectivity index is 2.73. The van der Waals surface area contributed by atoms with Crippen molar-refractivity contribution in [3.05, 3.63) is 0 Å². The number of hydrogen-bond donors (Lipinski definition) is 1. The minimum atomic E-state index is -0.855. The largest absolute Gasteiger partial charge is 0.388 e. The van der Waals surface area contributed by atoms with Crippen LogP contribution in [0, 0.1) is 17.2 Å². The van der Waals surface area contributed by atoms with Crippen LogP contribution in [0.2, 0.25) is 0 Å². The highest BCUT2D eigenvalue weighted by Crippen LogP contribution is 2.34. The topological polar surface area (TPSA) is 53.2 Å². The van der Waals surface area contributed by atoms with Crippen LogP contribution in [0.3, 0.4) is 0 Å². The molecular weight excluding hydrogens is 166 g/mol. The third-order valence-corrected chi connectivity index (χ3v) is 2.75. The van der Waals surface area contributed by atoms with Crippen LogP contribution in [0.25, 0.3) is 0 Å². The van der Waals surface area contributed by atoms with Crippen molar-refractivity contribution in [1.29, 1.82) is 5.26 Å². The van der Waals surface area contributed by atoms with E-state index in [1.54, 1.807) is 6.92 Å². The molecule has 0 saturated carbocycles. The number of aliphatic hydroxyl groups is 1. The van der Waals surface area contributed by atoms with Gasteiger partial charge in [0.05, 0.1) is 29.8 Å². The maximum absolute atomic E-state index is 10.2. The van der Waals surface area contributed by atoms with Gasteiger partial charge < -0.3 is 9.84 Å². The molecule has 1 heterocycles. The van der Waals surface area contributed by atoms with Crippen LogP contribution in [0.15, 0.2) is 0 Å². The molecule has 0 aromatic rings. The van der Waals surface area contributed by atoms with Gasteiger partial charge in [-0.25, -0.2) is 0 Å². The first-order chi connectivity index (χ1) is 5.98. The molecule has 1 aliphatic rings. The lowest BCUT2D eigenvalue weighted by Crippen LogP contribution is -2.47. The SMILES string of the molecule is CC1CC(O)(C(C)C#N)CC(C)O1. The van der Waals surface area contributed by atoms with Gasteiger partial charge in [-0.3, -0.25) is 0 Å². The first kappa shape index (κ1) is 10.5. The van der Waals surface area contributed by atoms with Crippen molar-refractivity contribution in [2.24, 2.45) is 5.92 Å². The predicted octanol–water partition coefficient (Wildman–Crippen LogP) is 1.46. The molecule has 0 spiro atoms. The summed E-state index contributed by atoms with van der Waals surface area (Å²) >= 11 is 0. The number of hydrogen-bond acceptors (Lipinski definition) is 3. The zero-order chi connectivity index (χ0) is 10.1. The Kier molecular flexibility index (Phi) is 2.94. The van der Waals surface area contributed by atoms with Gasteiger partial charge in [-0.2, -0.15) is 5.26 Å². The van der Waals surface area contributed by atoms with Crippen LogP contribution < -0.4 is 0 Å². The molecule has 1 saturated heterocycles. The van der Waals surface area contributed by atoms with Crippen molar-refractivity contribution < 1.29 is 9.84 Å². The second-order valence-corrected chi connectivity index (χ2v) is 4.12. The third-order valence-electron chi connectivity index (χ3n) is 2.75. The van der Waals surface area contributed by atoms with Crippen LogP contribution >= 0.6 is 0 Å². The Hall–Kier alpha value is -0.590. The van der Waals surface area contributed by atoms with Crippen molar-refractivity contribution in [3.63, 3.8) is 0 Å². The Morgan fingerprint density at radius 3 is 2.31 bits per heavy atom. The third kappa shape index (κ3) is 2.20. The highest BCUT2D eigenvalue weighted by atomic mass is 16.5. The molecule has 1 aliphatic heterocycles. The molecule has 0 aromatic heterocycles. The van der Waals surface area contributed by atoms with E-state index in [0.29, 0.717) is 12.8 Å². The lowest BCUT2D eigenvalue weighted by Gasteiger charge is -2.40. The fraction of sp³-hybridized carbons (Fsp3) is 0.900. The molecule has 3 heteroatoms. The number of nitrogens with zero attached hydrogens (tertiary/aromatic N) is 1. The smallest absolute Gasteiger partial charge is 0.0851 e. The van der Waals surface area contributed by atoms with Gasteiger partial charge in [-0.1, -0.05) is 0 Å². The first-order valence-corrected chi connectivity index (χ1v) is 4.75. The molecule has 1 rings (SSSR count). The summed E-state index contributed by atoms with van der Waals surface area (Å²) in [6.45, 7) is 5.64. The molecule has 0 radical (unpaired) electrons. The zero-order valence-electron chi connectivity index (χ0n) is 8.45. The Bertz CT molecular complexity index is 211. The van der Waals surface area contributed by atoms with Crippen LogP contribution in [0.1, 0.15) is 33.6 Å². The van der Waals surface area contributed by atoms with E-state index in [0.717, 1.165) is 0 Å². The van der Waals surface area contributed by atoms with Gasteiger partial charge >= 0.3 is 0 Å². The summed E-state index contributed by atoms with van der Waals surface area (Å²) in [5.41, 5.74) is -0.855. The molecule has 74 valence electrons. The van der Waals surface area contributed by atoms with Gasteiger partial charge in [0.15, 0.2) is 0 Å². The average molecular weight is 183 g/mol. The Labute approximate surface area is 79.3 Å². The molecule has 3 nitrogen and oxygen atoms in total. The number of ether oxygens (including phenoxy) is 1. The van der Waals surface area contributed by atoms with Gasteiger partial charge in [0.2, 0.25) is 0 Å². The summed E-state index contributed by atoms with van der Waals surface area (Å²) in [5, 5.41) is 19.0. The van der Waals surface area contributed by atoms with Crippen LogP contribution in [0.5, 0.6) is 0 Å². The van der Waals surface area contributed by atoms with Crippen LogP contribution in [-0.4, -0.2) is 22.9 Å². The minimum absolute atomic E-state index is 0.0459. The molecule has 1 fully saturated rings. The minimum Gasteiger partial charge on any atom is -0.388 e. The monoisotopic (exact) mass is 183 g/mol. The van der Waals surface area contributed by atoms with Gasteiger partial charge in [0.1, 0.15) is 0 Å². The van der Waals surface area contributed by atoms with E-state index in [1.165, 1.54) is 0 Å². The van der Waals surface area contributed by atoms with Gasteiger partial charge in [0, 0.05) is 12.8 Å². The van der Waals surface area contributed by atoms with Gasteiger partial charge in [0.25, 0.3) is 0 Å². The maximum Gasteiger partial charge on any atom is 0.0851 e. The number of rotatable bonds is 1. The highest BCUT2D eigenvalue weighted by Gasteiger charge is 2.41. The molecule has 0 aliphatic carbocycles. The summed E-state index contributed by atoms with van der Waals surface area (Å²) in [6, 6.07) is 2.11. The highest BCUT2D eigenvalue weighted by molar-refractivity contribution is 4.99. The maximum atomic E-state index is 10.2. The Morgan fingerprint density at radius 1 is 1.46 bits per heavy atom. The summed E-state index contributed by atoms with van der Waals surface area (Å²) in [6.07, 6.45) is 1.21. The first-order valence-electron chi connectivity index (χ1n) is 4.75. The van der Waals surface area contributed by atoms with Crippen LogP contribution in [0.4, 0.5) is 0 Å². The molecule has 1 N–H and O–H groups in total. The van der Waals surface area contributed by atoms with Crippen molar-refractivity contribution in [2.45, 2.75) is 51.4 Å². The quantitative estimate of drug-likeness (QED) is 0.669. The molecule has 0 amide bonds. The zero-order valence-corrected chi connectivity index (χ0v) is 8.45. The van der Waals surface area contributed by atoms with Crippen molar-refractivity contribution in [3.8, 4) is 6.07 Å². The summed E-state index contributed by atoms with van der Waals surface area (Å²) in [5.74, 6) is -0.318.